The second-order valence-corrected chi connectivity index (χ2v) is 4.83. The Morgan fingerprint density at radius 3 is 2.38 bits per heavy atom. The van der Waals surface area contributed by atoms with Crippen molar-refractivity contribution >= 4 is 11.9 Å². The predicted octanol–water partition coefficient (Wildman–Crippen LogP) is 1.47. The van der Waals surface area contributed by atoms with Gasteiger partial charge >= 0.3 is 5.97 Å². The molecular weight excluding hydrogens is 206 g/mol. The lowest BCUT2D eigenvalue weighted by molar-refractivity contribution is -0.140. The minimum Gasteiger partial charge on any atom is -0.481 e. The zero-order chi connectivity index (χ0) is 11.6. The fraction of sp³-hybridized carbons (Fsp3) is 0.667. The van der Waals surface area contributed by atoms with Crippen LogP contribution in [-0.4, -0.2) is 22.5 Å². The number of aliphatic carboxylic acids is 1. The molecule has 2 aliphatic rings. The lowest BCUT2D eigenvalue weighted by Gasteiger charge is -2.42. The Morgan fingerprint density at radius 2 is 1.94 bits per heavy atom. The first-order valence-corrected chi connectivity index (χ1v) is 5.80. The van der Waals surface area contributed by atoms with E-state index in [4.69, 9.17) is 5.11 Å². The SMILES string of the molecule is O=C(O)CC1(NC(=O)C2CC=CC2)CCC1. The standard InChI is InChI=1S/C12H17NO3/c14-10(15)8-12(6-3-7-12)13-11(16)9-4-1-2-5-9/h1-2,9H,3-8H2,(H,13,16)(H,14,15). The molecule has 4 nitrogen and oxygen atoms in total. The summed E-state index contributed by atoms with van der Waals surface area (Å²) in [6.07, 6.45) is 8.25. The highest BCUT2D eigenvalue weighted by Crippen LogP contribution is 2.35. The van der Waals surface area contributed by atoms with Crippen molar-refractivity contribution in [1.29, 1.82) is 0 Å². The first-order valence-electron chi connectivity index (χ1n) is 5.80. The highest BCUT2D eigenvalue weighted by molar-refractivity contribution is 5.81. The van der Waals surface area contributed by atoms with E-state index in [1.807, 2.05) is 12.2 Å². The molecule has 0 aromatic heterocycles. The summed E-state index contributed by atoms with van der Waals surface area (Å²) < 4.78 is 0. The van der Waals surface area contributed by atoms with Gasteiger partial charge in [-0.05, 0) is 32.1 Å². The minimum absolute atomic E-state index is 0.0194. The predicted molar refractivity (Wildman–Crippen MR) is 58.8 cm³/mol. The highest BCUT2D eigenvalue weighted by Gasteiger charge is 2.41. The summed E-state index contributed by atoms with van der Waals surface area (Å²) in [5.74, 6) is -0.790. The van der Waals surface area contributed by atoms with E-state index in [-0.39, 0.29) is 18.2 Å². The fourth-order valence-electron chi connectivity index (χ4n) is 2.43. The van der Waals surface area contributed by atoms with E-state index in [2.05, 4.69) is 5.32 Å². The van der Waals surface area contributed by atoms with E-state index in [1.165, 1.54) is 0 Å². The van der Waals surface area contributed by atoms with E-state index in [1.54, 1.807) is 0 Å². The molecule has 16 heavy (non-hydrogen) atoms. The number of hydrogen-bond acceptors (Lipinski definition) is 2. The van der Waals surface area contributed by atoms with E-state index >= 15 is 0 Å². The van der Waals surface area contributed by atoms with Crippen LogP contribution in [0.5, 0.6) is 0 Å². The van der Waals surface area contributed by atoms with Crippen molar-refractivity contribution in [2.24, 2.45) is 5.92 Å². The Balaban J connectivity index is 1.91. The molecule has 2 N–H and O–H groups in total. The third kappa shape index (κ3) is 2.26. The maximum Gasteiger partial charge on any atom is 0.305 e. The molecule has 0 atom stereocenters. The van der Waals surface area contributed by atoms with Gasteiger partial charge in [-0.1, -0.05) is 12.2 Å². The van der Waals surface area contributed by atoms with Gasteiger partial charge in [0.05, 0.1) is 12.0 Å². The monoisotopic (exact) mass is 223 g/mol. The number of nitrogens with one attached hydrogen (secondary N) is 1. The molecule has 2 rings (SSSR count). The third-order valence-corrected chi connectivity index (χ3v) is 3.57. The van der Waals surface area contributed by atoms with E-state index < -0.39 is 11.5 Å². The van der Waals surface area contributed by atoms with Crippen LogP contribution >= 0.6 is 0 Å². The van der Waals surface area contributed by atoms with Gasteiger partial charge in [-0.15, -0.1) is 0 Å². The molecule has 0 heterocycles. The number of carbonyl (C=O) groups excluding carboxylic acids is 1. The van der Waals surface area contributed by atoms with Gasteiger partial charge in [0, 0.05) is 5.92 Å². The molecule has 0 aromatic carbocycles. The Kier molecular flexibility index (Phi) is 2.99. The number of carboxylic acids is 1. The average molecular weight is 223 g/mol. The van der Waals surface area contributed by atoms with Gasteiger partial charge in [0.1, 0.15) is 0 Å². The third-order valence-electron chi connectivity index (χ3n) is 3.57. The first-order chi connectivity index (χ1) is 7.61. The molecule has 1 amide bonds. The molecule has 0 radical (unpaired) electrons. The van der Waals surface area contributed by atoms with E-state index in [0.717, 1.165) is 32.1 Å². The van der Waals surface area contributed by atoms with Crippen LogP contribution in [0.1, 0.15) is 38.5 Å². The summed E-state index contributed by atoms with van der Waals surface area (Å²) in [4.78, 5) is 22.6. The van der Waals surface area contributed by atoms with Crippen LogP contribution in [0.15, 0.2) is 12.2 Å². The summed E-state index contributed by atoms with van der Waals surface area (Å²) in [7, 11) is 0. The number of carboxylic acid groups (broad SMARTS) is 1. The summed E-state index contributed by atoms with van der Waals surface area (Å²) >= 11 is 0. The smallest absolute Gasteiger partial charge is 0.305 e. The Hall–Kier alpha value is -1.32. The molecule has 0 bridgehead atoms. The van der Waals surface area contributed by atoms with Crippen molar-refractivity contribution in [1.82, 2.24) is 5.32 Å². The summed E-state index contributed by atoms with van der Waals surface area (Å²) in [6, 6.07) is 0. The Morgan fingerprint density at radius 1 is 1.31 bits per heavy atom. The number of amides is 1. The average Bonchev–Trinajstić information content (AvgIpc) is 2.66. The summed E-state index contributed by atoms with van der Waals surface area (Å²) in [5, 5.41) is 11.8. The molecule has 1 fully saturated rings. The van der Waals surface area contributed by atoms with Gasteiger partial charge in [-0.3, -0.25) is 9.59 Å². The van der Waals surface area contributed by atoms with E-state index in [0.29, 0.717) is 0 Å². The maximum absolute atomic E-state index is 11.9. The highest BCUT2D eigenvalue weighted by atomic mass is 16.4. The molecular formula is C12H17NO3. The first kappa shape index (κ1) is 11.2. The molecule has 0 aromatic rings. The van der Waals surface area contributed by atoms with Crippen LogP contribution in [0.25, 0.3) is 0 Å². The quantitative estimate of drug-likeness (QED) is 0.709. The molecule has 88 valence electrons. The number of carbonyl (C=O) groups is 2. The van der Waals surface area contributed by atoms with Crippen LogP contribution in [0.2, 0.25) is 0 Å². The lowest BCUT2D eigenvalue weighted by Crippen LogP contribution is -2.55. The van der Waals surface area contributed by atoms with Crippen molar-refractivity contribution in [2.75, 3.05) is 0 Å². The topological polar surface area (TPSA) is 66.4 Å². The van der Waals surface area contributed by atoms with Crippen molar-refractivity contribution in [3.63, 3.8) is 0 Å². The van der Waals surface area contributed by atoms with Crippen molar-refractivity contribution < 1.29 is 14.7 Å². The fourth-order valence-corrected chi connectivity index (χ4v) is 2.43. The van der Waals surface area contributed by atoms with Gasteiger partial charge in [-0.2, -0.15) is 0 Å². The number of allylic oxidation sites excluding steroid dienone is 2. The molecule has 0 saturated heterocycles. The summed E-state index contributed by atoms with van der Waals surface area (Å²) in [6.45, 7) is 0. The van der Waals surface area contributed by atoms with E-state index in [9.17, 15) is 9.59 Å². The zero-order valence-corrected chi connectivity index (χ0v) is 9.24. The summed E-state index contributed by atoms with van der Waals surface area (Å²) in [5.41, 5.74) is -0.453. The van der Waals surface area contributed by atoms with Crippen LogP contribution < -0.4 is 5.32 Å². The largest absolute Gasteiger partial charge is 0.481 e. The van der Waals surface area contributed by atoms with Gasteiger partial charge < -0.3 is 10.4 Å². The van der Waals surface area contributed by atoms with Gasteiger partial charge in [0.2, 0.25) is 5.91 Å². The minimum atomic E-state index is -0.829. The van der Waals surface area contributed by atoms with Crippen LogP contribution in [0, 0.1) is 5.92 Å². The number of hydrogen-bond donors (Lipinski definition) is 2. The van der Waals surface area contributed by atoms with Crippen LogP contribution in [0.4, 0.5) is 0 Å². The number of rotatable bonds is 4. The maximum atomic E-state index is 11.9. The van der Waals surface area contributed by atoms with Crippen LogP contribution in [-0.2, 0) is 9.59 Å². The molecule has 1 saturated carbocycles. The Bertz CT molecular complexity index is 323. The zero-order valence-electron chi connectivity index (χ0n) is 9.24. The van der Waals surface area contributed by atoms with Crippen molar-refractivity contribution in [3.05, 3.63) is 12.2 Å². The van der Waals surface area contributed by atoms with Crippen molar-refractivity contribution in [2.45, 2.75) is 44.1 Å². The van der Waals surface area contributed by atoms with Crippen LogP contribution in [0.3, 0.4) is 0 Å². The van der Waals surface area contributed by atoms with Gasteiger partial charge in [0.15, 0.2) is 0 Å². The molecule has 0 aliphatic heterocycles. The normalized spacial score (nSPS) is 22.8. The Labute approximate surface area is 94.7 Å². The second kappa shape index (κ2) is 4.28. The molecule has 0 spiro atoms. The lowest BCUT2D eigenvalue weighted by atomic mass is 9.74. The van der Waals surface area contributed by atoms with Crippen molar-refractivity contribution in [3.8, 4) is 0 Å². The molecule has 4 heteroatoms. The van der Waals surface area contributed by atoms with Gasteiger partial charge in [0.25, 0.3) is 0 Å². The molecule has 2 aliphatic carbocycles. The van der Waals surface area contributed by atoms with Gasteiger partial charge in [-0.25, -0.2) is 0 Å². The second-order valence-electron chi connectivity index (χ2n) is 4.83. The molecule has 0 unspecified atom stereocenters.